The fourth-order valence-electron chi connectivity index (χ4n) is 1.26. The molecule has 0 amide bonds. The zero-order valence-electron chi connectivity index (χ0n) is 8.79. The summed E-state index contributed by atoms with van der Waals surface area (Å²) < 4.78 is 0. The molecule has 1 aromatic heterocycles. The van der Waals surface area contributed by atoms with Gasteiger partial charge in [0.05, 0.1) is 9.82 Å². The molecule has 1 aromatic carbocycles. The number of aromatic nitrogens is 2. The molecule has 0 unspecified atom stereocenters. The number of nitrogens with zero attached hydrogens (tertiary/aromatic N) is 2. The van der Waals surface area contributed by atoms with Crippen LogP contribution in [-0.2, 0) is 0 Å². The highest BCUT2D eigenvalue weighted by atomic mass is 35.5. The van der Waals surface area contributed by atoms with Gasteiger partial charge < -0.3 is 4.98 Å². The zero-order chi connectivity index (χ0) is 13.1. The third-order valence-electron chi connectivity index (χ3n) is 1.99. The van der Waals surface area contributed by atoms with Gasteiger partial charge in [-0.15, -0.1) is 0 Å². The van der Waals surface area contributed by atoms with Crippen molar-refractivity contribution in [2.75, 3.05) is 0 Å². The van der Waals surface area contributed by atoms with Crippen LogP contribution in [0.4, 0.5) is 5.69 Å². The summed E-state index contributed by atoms with van der Waals surface area (Å²) >= 11 is 6.75. The van der Waals surface area contributed by atoms with E-state index in [1.807, 2.05) is 0 Å². The van der Waals surface area contributed by atoms with Crippen molar-refractivity contribution in [3.8, 4) is 0 Å². The molecular weight excluding hydrogens is 278 g/mol. The molecule has 0 saturated heterocycles. The van der Waals surface area contributed by atoms with Crippen LogP contribution in [-0.4, -0.2) is 14.9 Å². The quantitative estimate of drug-likeness (QED) is 0.531. The standard InChI is InChI=1S/C10H6ClN3O3S/c11-6-2-1-3-7(9(6)14(16)17)18-10-12-5-4-8(15)13-10/h1-5H,(H,12,13,15). The van der Waals surface area contributed by atoms with E-state index < -0.39 is 4.92 Å². The lowest BCUT2D eigenvalue weighted by atomic mass is 10.3. The lowest BCUT2D eigenvalue weighted by molar-refractivity contribution is -0.387. The molecule has 2 rings (SSSR count). The Balaban J connectivity index is 2.43. The second kappa shape index (κ2) is 5.19. The average molecular weight is 284 g/mol. The van der Waals surface area contributed by atoms with Crippen molar-refractivity contribution in [2.45, 2.75) is 10.1 Å². The number of nitro benzene ring substituents is 1. The minimum Gasteiger partial charge on any atom is -0.301 e. The predicted octanol–water partition coefficient (Wildman–Crippen LogP) is 2.48. The molecule has 8 heteroatoms. The molecule has 92 valence electrons. The fourth-order valence-corrected chi connectivity index (χ4v) is 2.46. The number of benzene rings is 1. The summed E-state index contributed by atoms with van der Waals surface area (Å²) in [7, 11) is 0. The van der Waals surface area contributed by atoms with Gasteiger partial charge >= 0.3 is 5.69 Å². The smallest absolute Gasteiger partial charge is 0.301 e. The van der Waals surface area contributed by atoms with Gasteiger partial charge in [-0.2, -0.15) is 0 Å². The Morgan fingerprint density at radius 3 is 2.83 bits per heavy atom. The molecule has 0 radical (unpaired) electrons. The van der Waals surface area contributed by atoms with Gasteiger partial charge in [-0.25, -0.2) is 4.98 Å². The lowest BCUT2D eigenvalue weighted by Gasteiger charge is -2.02. The number of aromatic amines is 1. The lowest BCUT2D eigenvalue weighted by Crippen LogP contribution is -2.05. The van der Waals surface area contributed by atoms with Crippen LogP contribution >= 0.6 is 23.4 Å². The second-order valence-electron chi connectivity index (χ2n) is 3.18. The van der Waals surface area contributed by atoms with Crippen molar-refractivity contribution in [3.05, 3.63) is 56.0 Å². The average Bonchev–Trinajstić information content (AvgIpc) is 2.28. The maximum Gasteiger partial charge on any atom is 0.301 e. The first-order chi connectivity index (χ1) is 8.58. The molecule has 0 atom stereocenters. The minimum atomic E-state index is -0.564. The Kier molecular flexibility index (Phi) is 3.63. The van der Waals surface area contributed by atoms with Gasteiger partial charge in [0.25, 0.3) is 5.56 Å². The van der Waals surface area contributed by atoms with Crippen LogP contribution in [0.5, 0.6) is 0 Å². The maximum absolute atomic E-state index is 11.1. The van der Waals surface area contributed by atoms with Crippen LogP contribution in [0.25, 0.3) is 0 Å². The van der Waals surface area contributed by atoms with E-state index in [0.29, 0.717) is 4.90 Å². The Labute approximate surface area is 110 Å². The number of hydrogen-bond acceptors (Lipinski definition) is 5. The van der Waals surface area contributed by atoms with Crippen molar-refractivity contribution in [1.82, 2.24) is 9.97 Å². The topological polar surface area (TPSA) is 88.9 Å². The van der Waals surface area contributed by atoms with Gasteiger partial charge in [0, 0.05) is 12.3 Å². The zero-order valence-corrected chi connectivity index (χ0v) is 10.4. The number of nitrogens with one attached hydrogen (secondary N) is 1. The van der Waals surface area contributed by atoms with Crippen LogP contribution < -0.4 is 5.56 Å². The van der Waals surface area contributed by atoms with Crippen LogP contribution in [0.15, 0.2) is 45.3 Å². The highest BCUT2D eigenvalue weighted by Gasteiger charge is 2.19. The van der Waals surface area contributed by atoms with Crippen LogP contribution in [0, 0.1) is 10.1 Å². The number of hydrogen-bond donors (Lipinski definition) is 1. The molecule has 0 saturated carbocycles. The first-order valence-electron chi connectivity index (χ1n) is 4.74. The van der Waals surface area contributed by atoms with Crippen molar-refractivity contribution in [1.29, 1.82) is 0 Å². The van der Waals surface area contributed by atoms with Crippen molar-refractivity contribution in [2.24, 2.45) is 0 Å². The minimum absolute atomic E-state index is 0.0447. The van der Waals surface area contributed by atoms with Gasteiger partial charge in [0.2, 0.25) is 0 Å². The van der Waals surface area contributed by atoms with Gasteiger partial charge in [-0.3, -0.25) is 14.9 Å². The van der Waals surface area contributed by atoms with Gasteiger partial charge in [-0.05, 0) is 23.9 Å². The molecule has 0 aliphatic rings. The van der Waals surface area contributed by atoms with E-state index in [9.17, 15) is 14.9 Å². The summed E-state index contributed by atoms with van der Waals surface area (Å²) in [6, 6.07) is 5.84. The molecule has 1 N–H and O–H groups in total. The van der Waals surface area contributed by atoms with E-state index >= 15 is 0 Å². The summed E-state index contributed by atoms with van der Waals surface area (Å²) in [6.45, 7) is 0. The summed E-state index contributed by atoms with van der Waals surface area (Å²) in [4.78, 5) is 28.1. The molecular formula is C10H6ClN3O3S. The molecule has 6 nitrogen and oxygen atoms in total. The third kappa shape index (κ3) is 2.69. The van der Waals surface area contributed by atoms with E-state index in [0.717, 1.165) is 11.8 Å². The van der Waals surface area contributed by atoms with E-state index in [-0.39, 0.29) is 21.4 Å². The summed E-state index contributed by atoms with van der Waals surface area (Å²) in [5, 5.41) is 11.2. The highest BCUT2D eigenvalue weighted by Crippen LogP contribution is 2.37. The maximum atomic E-state index is 11.1. The Hall–Kier alpha value is -1.86. The molecule has 1 heterocycles. The second-order valence-corrected chi connectivity index (χ2v) is 4.62. The van der Waals surface area contributed by atoms with Gasteiger partial charge in [-0.1, -0.05) is 17.7 Å². The van der Waals surface area contributed by atoms with Crippen LogP contribution in [0.1, 0.15) is 0 Å². The molecule has 0 bridgehead atoms. The van der Waals surface area contributed by atoms with Gasteiger partial charge in [0.15, 0.2) is 5.16 Å². The molecule has 0 spiro atoms. The van der Waals surface area contributed by atoms with E-state index in [1.165, 1.54) is 18.3 Å². The highest BCUT2D eigenvalue weighted by molar-refractivity contribution is 7.99. The Bertz CT molecular complexity index is 659. The van der Waals surface area contributed by atoms with Crippen LogP contribution in [0.3, 0.4) is 0 Å². The third-order valence-corrected chi connectivity index (χ3v) is 3.24. The monoisotopic (exact) mass is 283 g/mol. The van der Waals surface area contributed by atoms with Crippen molar-refractivity contribution < 1.29 is 4.92 Å². The normalized spacial score (nSPS) is 10.3. The van der Waals surface area contributed by atoms with Crippen LogP contribution in [0.2, 0.25) is 5.02 Å². The first kappa shape index (κ1) is 12.6. The predicted molar refractivity (Wildman–Crippen MR) is 67.1 cm³/mol. The van der Waals surface area contributed by atoms with Crippen molar-refractivity contribution in [3.63, 3.8) is 0 Å². The Morgan fingerprint density at radius 2 is 2.17 bits per heavy atom. The number of H-pyrrole nitrogens is 1. The largest absolute Gasteiger partial charge is 0.301 e. The van der Waals surface area contributed by atoms with E-state index in [4.69, 9.17) is 11.6 Å². The molecule has 0 fully saturated rings. The first-order valence-corrected chi connectivity index (χ1v) is 5.93. The number of para-hydroxylation sites is 1. The summed E-state index contributed by atoms with van der Waals surface area (Å²) in [6.07, 6.45) is 1.33. The summed E-state index contributed by atoms with van der Waals surface area (Å²) in [5.41, 5.74) is -0.521. The summed E-state index contributed by atoms with van der Waals surface area (Å²) in [5.74, 6) is 0. The molecule has 2 aromatic rings. The SMILES string of the molecule is O=c1ccnc(Sc2cccc(Cl)c2[N+](=O)[O-])[nH]1. The molecule has 0 aliphatic carbocycles. The van der Waals surface area contributed by atoms with E-state index in [2.05, 4.69) is 9.97 Å². The number of nitro groups is 1. The molecule has 18 heavy (non-hydrogen) atoms. The number of rotatable bonds is 3. The van der Waals surface area contributed by atoms with Crippen molar-refractivity contribution >= 4 is 29.1 Å². The molecule has 0 aliphatic heterocycles. The van der Waals surface area contributed by atoms with E-state index in [1.54, 1.807) is 12.1 Å². The number of halogens is 1. The van der Waals surface area contributed by atoms with Gasteiger partial charge in [0.1, 0.15) is 5.02 Å². The Morgan fingerprint density at radius 1 is 1.39 bits per heavy atom. The fraction of sp³-hybridized carbons (Fsp3) is 0.